The number of halogens is 1. The minimum atomic E-state index is -0.299. The second kappa shape index (κ2) is 10.0. The number of amides is 1. The lowest BCUT2D eigenvalue weighted by Gasteiger charge is -2.14. The number of hydrogen-bond donors (Lipinski definition) is 1. The van der Waals surface area contributed by atoms with E-state index in [4.69, 9.17) is 11.6 Å². The lowest BCUT2D eigenvalue weighted by Crippen LogP contribution is -2.25. The number of nitrogens with zero attached hydrogens (tertiary/aromatic N) is 3. The van der Waals surface area contributed by atoms with Crippen molar-refractivity contribution >= 4 is 45.9 Å². The van der Waals surface area contributed by atoms with Crippen LogP contribution in [-0.4, -0.2) is 26.9 Å². The first-order valence-corrected chi connectivity index (χ1v) is 11.6. The van der Waals surface area contributed by atoms with Gasteiger partial charge in [-0.3, -0.25) is 14.2 Å². The van der Waals surface area contributed by atoms with Crippen molar-refractivity contribution in [2.45, 2.75) is 19.0 Å². The van der Waals surface area contributed by atoms with E-state index < -0.39 is 0 Å². The van der Waals surface area contributed by atoms with Gasteiger partial charge in [-0.15, -0.1) is 0 Å². The molecule has 1 heterocycles. The molecule has 0 atom stereocenters. The van der Waals surface area contributed by atoms with Crippen molar-refractivity contribution in [1.29, 1.82) is 0 Å². The van der Waals surface area contributed by atoms with Crippen LogP contribution in [0.1, 0.15) is 18.1 Å². The molecule has 0 unspecified atom stereocenters. The van der Waals surface area contributed by atoms with Gasteiger partial charge in [-0.1, -0.05) is 65.8 Å². The van der Waals surface area contributed by atoms with Crippen molar-refractivity contribution < 1.29 is 4.79 Å². The van der Waals surface area contributed by atoms with Crippen LogP contribution in [0, 0.1) is 6.92 Å². The zero-order valence-electron chi connectivity index (χ0n) is 18.1. The molecule has 0 radical (unpaired) electrons. The van der Waals surface area contributed by atoms with Gasteiger partial charge in [-0.05, 0) is 55.3 Å². The number of aromatic nitrogens is 2. The van der Waals surface area contributed by atoms with Crippen molar-refractivity contribution in [1.82, 2.24) is 15.0 Å². The molecular weight excluding hydrogens is 456 g/mol. The Hall–Kier alpha value is -3.42. The maximum absolute atomic E-state index is 13.3. The van der Waals surface area contributed by atoms with Gasteiger partial charge in [0.1, 0.15) is 0 Å². The third-order valence-corrected chi connectivity index (χ3v) is 6.23. The zero-order valence-corrected chi connectivity index (χ0v) is 19.7. The van der Waals surface area contributed by atoms with Gasteiger partial charge in [-0.25, -0.2) is 10.4 Å². The number of carbonyl (C=O) groups is 1. The quantitative estimate of drug-likeness (QED) is 0.184. The summed E-state index contributed by atoms with van der Waals surface area (Å²) in [4.78, 5) is 30.5. The van der Waals surface area contributed by atoms with E-state index >= 15 is 0 Å². The first-order chi connectivity index (χ1) is 15.9. The standard InChI is InChI=1S/C25H21ClN4O2S/c1-16-7-3-6-10-22(16)30-24(32)20-8-4-5-9-21(20)27-25(30)33-15-23(31)29-28-17(2)18-11-13-19(26)14-12-18/h3-14H,15H2,1-2H3,(H,29,31)/b28-17-. The molecule has 1 aromatic heterocycles. The summed E-state index contributed by atoms with van der Waals surface area (Å²) in [6.45, 7) is 3.74. The molecule has 0 fully saturated rings. The number of rotatable bonds is 6. The highest BCUT2D eigenvalue weighted by Gasteiger charge is 2.16. The van der Waals surface area contributed by atoms with E-state index in [9.17, 15) is 9.59 Å². The molecule has 0 aliphatic rings. The largest absolute Gasteiger partial charge is 0.272 e. The van der Waals surface area contributed by atoms with Gasteiger partial charge in [0, 0.05) is 5.02 Å². The van der Waals surface area contributed by atoms with E-state index in [1.54, 1.807) is 35.8 Å². The van der Waals surface area contributed by atoms with Gasteiger partial charge in [0.25, 0.3) is 11.5 Å². The highest BCUT2D eigenvalue weighted by Crippen LogP contribution is 2.23. The summed E-state index contributed by atoms with van der Waals surface area (Å²) in [6.07, 6.45) is 0. The molecule has 166 valence electrons. The molecule has 4 rings (SSSR count). The Labute approximate surface area is 200 Å². The van der Waals surface area contributed by atoms with Crippen LogP contribution in [0.4, 0.5) is 0 Å². The topological polar surface area (TPSA) is 76.3 Å². The molecule has 0 bridgehead atoms. The molecule has 0 aliphatic carbocycles. The number of para-hydroxylation sites is 2. The first kappa shape index (κ1) is 22.8. The first-order valence-electron chi connectivity index (χ1n) is 10.2. The molecule has 0 spiro atoms. The highest BCUT2D eigenvalue weighted by atomic mass is 35.5. The fourth-order valence-corrected chi connectivity index (χ4v) is 4.22. The fourth-order valence-electron chi connectivity index (χ4n) is 3.30. The second-order valence-electron chi connectivity index (χ2n) is 7.37. The van der Waals surface area contributed by atoms with Crippen LogP contribution in [0.15, 0.2) is 87.8 Å². The smallest absolute Gasteiger partial charge is 0.266 e. The predicted octanol–water partition coefficient (Wildman–Crippen LogP) is 4.98. The van der Waals surface area contributed by atoms with E-state index in [-0.39, 0.29) is 17.2 Å². The molecule has 4 aromatic rings. The van der Waals surface area contributed by atoms with Crippen molar-refractivity contribution in [3.05, 3.63) is 99.3 Å². The van der Waals surface area contributed by atoms with Crippen LogP contribution >= 0.6 is 23.4 Å². The molecule has 6 nitrogen and oxygen atoms in total. The van der Waals surface area contributed by atoms with E-state index in [0.29, 0.717) is 26.8 Å². The number of hydrazone groups is 1. The maximum atomic E-state index is 13.3. The van der Waals surface area contributed by atoms with Crippen molar-refractivity contribution in [3.8, 4) is 5.69 Å². The maximum Gasteiger partial charge on any atom is 0.266 e. The van der Waals surface area contributed by atoms with E-state index in [0.717, 1.165) is 16.8 Å². The number of nitrogens with one attached hydrogen (secondary N) is 1. The Kier molecular flexibility index (Phi) is 6.91. The minimum absolute atomic E-state index is 0.0497. The zero-order chi connectivity index (χ0) is 23.4. The normalized spacial score (nSPS) is 11.5. The van der Waals surface area contributed by atoms with Gasteiger partial charge in [0.2, 0.25) is 0 Å². The summed E-state index contributed by atoms with van der Waals surface area (Å²) >= 11 is 7.11. The number of carbonyl (C=O) groups excluding carboxylic acids is 1. The van der Waals surface area contributed by atoms with Crippen LogP contribution in [-0.2, 0) is 4.79 Å². The lowest BCUT2D eigenvalue weighted by molar-refractivity contribution is -0.118. The molecular formula is C25H21ClN4O2S. The summed E-state index contributed by atoms with van der Waals surface area (Å²) in [5.74, 6) is -0.249. The van der Waals surface area contributed by atoms with Crippen LogP contribution in [0.3, 0.4) is 0 Å². The number of aryl methyl sites for hydroxylation is 1. The monoisotopic (exact) mass is 476 g/mol. The summed E-state index contributed by atoms with van der Waals surface area (Å²) in [5, 5.41) is 5.78. The molecule has 0 saturated carbocycles. The Morgan fingerprint density at radius 3 is 2.52 bits per heavy atom. The van der Waals surface area contributed by atoms with Gasteiger partial charge in [-0.2, -0.15) is 5.10 Å². The Morgan fingerprint density at radius 1 is 1.06 bits per heavy atom. The molecule has 0 saturated heterocycles. The molecule has 8 heteroatoms. The summed E-state index contributed by atoms with van der Waals surface area (Å²) in [7, 11) is 0. The Balaban J connectivity index is 1.59. The van der Waals surface area contributed by atoms with Gasteiger partial charge < -0.3 is 0 Å². The molecule has 1 amide bonds. The van der Waals surface area contributed by atoms with Crippen LogP contribution in [0.5, 0.6) is 0 Å². The van der Waals surface area contributed by atoms with Gasteiger partial charge in [0.15, 0.2) is 5.16 Å². The van der Waals surface area contributed by atoms with E-state index in [2.05, 4.69) is 15.5 Å². The average molecular weight is 477 g/mol. The number of hydrogen-bond acceptors (Lipinski definition) is 5. The van der Waals surface area contributed by atoms with Crippen LogP contribution in [0.25, 0.3) is 16.6 Å². The predicted molar refractivity (Wildman–Crippen MR) is 135 cm³/mol. The average Bonchev–Trinajstić information content (AvgIpc) is 2.82. The highest BCUT2D eigenvalue weighted by molar-refractivity contribution is 7.99. The number of thioether (sulfide) groups is 1. The Morgan fingerprint density at radius 2 is 1.76 bits per heavy atom. The number of fused-ring (bicyclic) bond motifs is 1. The fraction of sp³-hybridized carbons (Fsp3) is 0.120. The molecule has 0 aliphatic heterocycles. The van der Waals surface area contributed by atoms with Crippen molar-refractivity contribution in [3.63, 3.8) is 0 Å². The minimum Gasteiger partial charge on any atom is -0.272 e. The SMILES string of the molecule is C/C(=N/NC(=O)CSc1nc2ccccc2c(=O)n1-c1ccccc1C)c1ccc(Cl)cc1. The molecule has 33 heavy (non-hydrogen) atoms. The van der Waals surface area contributed by atoms with Gasteiger partial charge >= 0.3 is 0 Å². The summed E-state index contributed by atoms with van der Waals surface area (Å²) < 4.78 is 1.57. The van der Waals surface area contributed by atoms with Crippen molar-refractivity contribution in [2.24, 2.45) is 5.10 Å². The van der Waals surface area contributed by atoms with Crippen LogP contribution in [0.2, 0.25) is 5.02 Å². The Bertz CT molecular complexity index is 1410. The second-order valence-corrected chi connectivity index (χ2v) is 8.75. The third-order valence-electron chi connectivity index (χ3n) is 5.04. The van der Waals surface area contributed by atoms with Crippen LogP contribution < -0.4 is 11.0 Å². The van der Waals surface area contributed by atoms with Crippen molar-refractivity contribution in [2.75, 3.05) is 5.75 Å². The van der Waals surface area contributed by atoms with Gasteiger partial charge in [0.05, 0.1) is 28.1 Å². The summed E-state index contributed by atoms with van der Waals surface area (Å²) in [5.41, 5.74) is 6.17. The third kappa shape index (κ3) is 5.16. The van der Waals surface area contributed by atoms with E-state index in [1.807, 2.05) is 55.5 Å². The lowest BCUT2D eigenvalue weighted by atomic mass is 10.1. The van der Waals surface area contributed by atoms with E-state index in [1.165, 1.54) is 11.8 Å². The molecule has 1 N–H and O–H groups in total. The summed E-state index contributed by atoms with van der Waals surface area (Å²) in [6, 6.07) is 22.0. The number of benzene rings is 3. The molecule has 3 aromatic carbocycles.